The smallest absolute Gasteiger partial charge is 0.130 e. The fourth-order valence-electron chi connectivity index (χ4n) is 2.14. The molecule has 114 valence electrons. The van der Waals surface area contributed by atoms with Crippen molar-refractivity contribution in [2.24, 2.45) is 0 Å². The van der Waals surface area contributed by atoms with Gasteiger partial charge in [0.05, 0.1) is 17.2 Å². The Bertz CT molecular complexity index is 829. The van der Waals surface area contributed by atoms with E-state index in [0.29, 0.717) is 27.8 Å². The summed E-state index contributed by atoms with van der Waals surface area (Å²) < 4.78 is 5.27. The van der Waals surface area contributed by atoms with Crippen molar-refractivity contribution in [2.75, 3.05) is 7.11 Å². The van der Waals surface area contributed by atoms with E-state index < -0.39 is 0 Å². The van der Waals surface area contributed by atoms with Crippen LogP contribution in [0.4, 0.5) is 0 Å². The van der Waals surface area contributed by atoms with E-state index in [9.17, 15) is 0 Å². The number of benzene rings is 2. The van der Waals surface area contributed by atoms with Crippen LogP contribution < -0.4 is 4.74 Å². The molecule has 5 heteroatoms. The summed E-state index contributed by atoms with van der Waals surface area (Å²) in [5.74, 6) is 0.603. The molecule has 0 atom stereocenters. The predicted molar refractivity (Wildman–Crippen MR) is 91.5 cm³/mol. The molecule has 0 fully saturated rings. The van der Waals surface area contributed by atoms with Crippen molar-refractivity contribution < 1.29 is 4.74 Å². The lowest BCUT2D eigenvalue weighted by molar-refractivity contribution is 0.413. The van der Waals surface area contributed by atoms with Crippen molar-refractivity contribution >= 4 is 29.3 Å². The Morgan fingerprint density at radius 3 is 2.30 bits per heavy atom. The predicted octanol–water partition coefficient (Wildman–Crippen LogP) is 5.02. The average molecular weight is 343 g/mol. The van der Waals surface area contributed by atoms with Crippen LogP contribution in [0.5, 0.6) is 5.75 Å². The topological polar surface area (TPSA) is 56.8 Å². The van der Waals surface area contributed by atoms with Crippen LogP contribution in [-0.4, -0.2) is 7.11 Å². The van der Waals surface area contributed by atoms with E-state index in [0.717, 1.165) is 11.1 Å². The van der Waals surface area contributed by atoms with Crippen LogP contribution in [0.25, 0.3) is 6.08 Å². The van der Waals surface area contributed by atoms with E-state index in [4.69, 9.17) is 38.5 Å². The quantitative estimate of drug-likeness (QED) is 0.732. The number of rotatable bonds is 4. The molecule has 3 nitrogen and oxygen atoms in total. The van der Waals surface area contributed by atoms with Gasteiger partial charge in [-0.25, -0.2) is 0 Å². The maximum absolute atomic E-state index is 8.90. The molecule has 0 heterocycles. The molecule has 2 aromatic carbocycles. The molecule has 0 N–H and O–H groups in total. The van der Waals surface area contributed by atoms with Gasteiger partial charge in [0.25, 0.3) is 0 Å². The van der Waals surface area contributed by atoms with Crippen molar-refractivity contribution in [2.45, 2.75) is 6.42 Å². The molecule has 0 bridgehead atoms. The minimum Gasteiger partial charge on any atom is -0.496 e. The molecule has 2 rings (SSSR count). The summed E-state index contributed by atoms with van der Waals surface area (Å²) in [6.07, 6.45) is 2.16. The third-order valence-electron chi connectivity index (χ3n) is 3.23. The maximum Gasteiger partial charge on any atom is 0.130 e. The highest BCUT2D eigenvalue weighted by Gasteiger charge is 2.06. The largest absolute Gasteiger partial charge is 0.496 e. The molecule has 0 aromatic heterocycles. The third kappa shape index (κ3) is 4.27. The Kier molecular flexibility index (Phi) is 5.66. The van der Waals surface area contributed by atoms with E-state index in [2.05, 4.69) is 0 Å². The molecule has 0 spiro atoms. The zero-order chi connectivity index (χ0) is 16.8. The van der Waals surface area contributed by atoms with Crippen LogP contribution in [0.2, 0.25) is 10.0 Å². The second-order valence-corrected chi connectivity index (χ2v) is 5.60. The molecule has 0 saturated heterocycles. The summed E-state index contributed by atoms with van der Waals surface area (Å²) in [6.45, 7) is 0. The molecular formula is C18H12Cl2N2O. The Morgan fingerprint density at radius 1 is 1.04 bits per heavy atom. The van der Waals surface area contributed by atoms with Gasteiger partial charge in [-0.2, -0.15) is 10.5 Å². The van der Waals surface area contributed by atoms with Crippen LogP contribution in [0.15, 0.2) is 42.0 Å². The van der Waals surface area contributed by atoms with Crippen molar-refractivity contribution in [3.05, 3.63) is 68.7 Å². The number of nitriles is 2. The number of ether oxygens (including phenoxy) is 1. The lowest BCUT2D eigenvalue weighted by Crippen LogP contribution is -1.93. The molecule has 0 radical (unpaired) electrons. The number of allylic oxidation sites excluding steroid dienone is 1. The molecule has 0 aliphatic rings. The summed E-state index contributed by atoms with van der Waals surface area (Å²) in [5, 5.41) is 18.8. The zero-order valence-corrected chi connectivity index (χ0v) is 13.8. The summed E-state index contributed by atoms with van der Waals surface area (Å²) in [7, 11) is 1.55. The van der Waals surface area contributed by atoms with Crippen LogP contribution >= 0.6 is 23.2 Å². The van der Waals surface area contributed by atoms with Gasteiger partial charge in [0, 0.05) is 5.56 Å². The SMILES string of the molecule is COc1ccc(Cc2ccc(Cl)c(Cl)c2)cc1C=C(C#N)C#N. The van der Waals surface area contributed by atoms with Crippen LogP contribution in [0.3, 0.4) is 0 Å². The minimum absolute atomic E-state index is 0.0231. The van der Waals surface area contributed by atoms with Gasteiger partial charge in [-0.15, -0.1) is 0 Å². The first kappa shape index (κ1) is 16.9. The Hall–Kier alpha value is -2.46. The van der Waals surface area contributed by atoms with Crippen LogP contribution in [0, 0.1) is 22.7 Å². The number of nitrogens with zero attached hydrogens (tertiary/aromatic N) is 2. The van der Waals surface area contributed by atoms with E-state index >= 15 is 0 Å². The number of halogens is 2. The fourth-order valence-corrected chi connectivity index (χ4v) is 2.46. The van der Waals surface area contributed by atoms with Gasteiger partial charge in [-0.05, 0) is 47.9 Å². The monoisotopic (exact) mass is 342 g/mol. The molecule has 0 aliphatic carbocycles. The first-order chi connectivity index (χ1) is 11.1. The molecule has 0 unspecified atom stereocenters. The van der Waals surface area contributed by atoms with Gasteiger partial charge in [0.2, 0.25) is 0 Å². The summed E-state index contributed by atoms with van der Waals surface area (Å²) in [5.41, 5.74) is 2.73. The highest BCUT2D eigenvalue weighted by Crippen LogP contribution is 2.26. The Balaban J connectivity index is 2.38. The highest BCUT2D eigenvalue weighted by atomic mass is 35.5. The molecule has 2 aromatic rings. The van der Waals surface area contributed by atoms with Crippen molar-refractivity contribution in [3.63, 3.8) is 0 Å². The van der Waals surface area contributed by atoms with Crippen LogP contribution in [-0.2, 0) is 6.42 Å². The molecule has 0 aliphatic heterocycles. The number of methoxy groups -OCH3 is 1. The first-order valence-electron chi connectivity index (χ1n) is 6.70. The lowest BCUT2D eigenvalue weighted by Gasteiger charge is -2.09. The minimum atomic E-state index is 0.0231. The second kappa shape index (κ2) is 7.70. The van der Waals surface area contributed by atoms with Crippen molar-refractivity contribution in [1.82, 2.24) is 0 Å². The molecule has 0 saturated carbocycles. The van der Waals surface area contributed by atoms with Crippen LogP contribution in [0.1, 0.15) is 16.7 Å². The van der Waals surface area contributed by atoms with Crippen molar-refractivity contribution in [1.29, 1.82) is 10.5 Å². The van der Waals surface area contributed by atoms with Gasteiger partial charge in [0.1, 0.15) is 23.5 Å². The highest BCUT2D eigenvalue weighted by molar-refractivity contribution is 6.42. The first-order valence-corrected chi connectivity index (χ1v) is 7.45. The standard InChI is InChI=1S/C18H12Cl2N2O/c1-23-18-5-3-12(7-15(18)8-14(10-21)11-22)6-13-2-4-16(19)17(20)9-13/h2-5,7-9H,6H2,1H3. The van der Waals surface area contributed by atoms with E-state index in [1.165, 1.54) is 6.08 Å². The average Bonchev–Trinajstić information content (AvgIpc) is 2.56. The summed E-state index contributed by atoms with van der Waals surface area (Å²) >= 11 is 12.0. The number of hydrogen-bond acceptors (Lipinski definition) is 3. The number of hydrogen-bond donors (Lipinski definition) is 0. The van der Waals surface area contributed by atoms with Gasteiger partial charge in [-0.3, -0.25) is 0 Å². The normalized spacial score (nSPS) is 9.61. The zero-order valence-electron chi connectivity index (χ0n) is 12.3. The maximum atomic E-state index is 8.90. The van der Waals surface area contributed by atoms with E-state index in [1.54, 1.807) is 13.2 Å². The summed E-state index contributed by atoms with van der Waals surface area (Å²) in [4.78, 5) is 0. The lowest BCUT2D eigenvalue weighted by atomic mass is 10.0. The fraction of sp³-hybridized carbons (Fsp3) is 0.111. The van der Waals surface area contributed by atoms with Crippen molar-refractivity contribution in [3.8, 4) is 17.9 Å². The van der Waals surface area contributed by atoms with Gasteiger partial charge >= 0.3 is 0 Å². The Morgan fingerprint density at radius 2 is 1.70 bits per heavy atom. The van der Waals surface area contributed by atoms with Gasteiger partial charge in [0.15, 0.2) is 0 Å². The van der Waals surface area contributed by atoms with E-state index in [1.807, 2.05) is 42.5 Å². The Labute approximate surface area is 144 Å². The summed E-state index contributed by atoms with van der Waals surface area (Å²) in [6, 6.07) is 14.8. The molecule has 0 amide bonds. The van der Waals surface area contributed by atoms with Gasteiger partial charge in [-0.1, -0.05) is 35.3 Å². The van der Waals surface area contributed by atoms with Gasteiger partial charge < -0.3 is 4.74 Å². The second-order valence-electron chi connectivity index (χ2n) is 4.78. The van der Waals surface area contributed by atoms with E-state index in [-0.39, 0.29) is 5.57 Å². The molecule has 23 heavy (non-hydrogen) atoms. The third-order valence-corrected chi connectivity index (χ3v) is 3.97. The molecular weight excluding hydrogens is 331 g/mol.